The third-order valence-corrected chi connectivity index (χ3v) is 15.6. The number of halogens is 1. The van der Waals surface area contributed by atoms with Crippen LogP contribution in [0.3, 0.4) is 0 Å². The molecule has 0 radical (unpaired) electrons. The van der Waals surface area contributed by atoms with Gasteiger partial charge in [-0.05, 0) is 163 Å². The molecule has 2 aliphatic heterocycles. The van der Waals surface area contributed by atoms with E-state index in [9.17, 15) is 0 Å². The number of rotatable bonds is 6. The lowest BCUT2D eigenvalue weighted by molar-refractivity contribution is 0.487. The highest BCUT2D eigenvalue weighted by Gasteiger charge is 2.37. The summed E-state index contributed by atoms with van der Waals surface area (Å²) in [7, 11) is 0. The molecule has 11 aromatic rings. The van der Waals surface area contributed by atoms with Crippen molar-refractivity contribution in [1.82, 2.24) is 0 Å². The Balaban J connectivity index is 1.06. The van der Waals surface area contributed by atoms with Gasteiger partial charge < -0.3 is 9.64 Å². The van der Waals surface area contributed by atoms with Gasteiger partial charge in [-0.3, -0.25) is 0 Å². The van der Waals surface area contributed by atoms with Crippen LogP contribution >= 0.6 is 0 Å². The Morgan fingerprint density at radius 3 is 1.67 bits per heavy atom. The van der Waals surface area contributed by atoms with Gasteiger partial charge in [0.05, 0.1) is 17.1 Å². The Morgan fingerprint density at radius 1 is 0.375 bits per heavy atom. The molecular weight excluding hydrogens is 877 g/mol. The number of ether oxygens (including phenoxy) is 1. The van der Waals surface area contributed by atoms with Crippen LogP contribution in [0.15, 0.2) is 176 Å². The predicted octanol–water partition coefficient (Wildman–Crippen LogP) is 16.8. The van der Waals surface area contributed by atoms with E-state index in [1.165, 1.54) is 82.3 Å². The molecule has 0 atom stereocenters. The number of nitrogens with zero attached hydrogens (tertiary/aromatic N) is 1. The Kier molecular flexibility index (Phi) is 9.99. The van der Waals surface area contributed by atoms with E-state index in [-0.39, 0.29) is 12.5 Å². The molecule has 2 heterocycles. The van der Waals surface area contributed by atoms with E-state index in [1.54, 1.807) is 6.07 Å². The van der Waals surface area contributed by atoms with Crippen LogP contribution in [0.4, 0.5) is 21.5 Å². The van der Waals surface area contributed by atoms with E-state index in [1.807, 2.05) is 48.5 Å². The van der Waals surface area contributed by atoms with Gasteiger partial charge in [-0.25, -0.2) is 4.39 Å². The Morgan fingerprint density at radius 2 is 0.972 bits per heavy atom. The number of fused-ring (bicyclic) bond motifs is 7. The second-order valence-corrected chi connectivity index (χ2v) is 20.6. The van der Waals surface area contributed by atoms with Crippen molar-refractivity contribution in [2.75, 3.05) is 4.90 Å². The molecule has 346 valence electrons. The van der Waals surface area contributed by atoms with E-state index in [2.05, 4.69) is 182 Å². The van der Waals surface area contributed by atoms with Gasteiger partial charge in [-0.15, -0.1) is 0 Å². The first-order chi connectivity index (χ1) is 34.9. The molecule has 0 bridgehead atoms. The molecule has 0 aliphatic carbocycles. The topological polar surface area (TPSA) is 12.5 Å². The van der Waals surface area contributed by atoms with Crippen molar-refractivity contribution in [3.05, 3.63) is 226 Å². The number of benzene rings is 11. The number of aryl methyl sites for hydroxylation is 8. The van der Waals surface area contributed by atoms with E-state index < -0.39 is 0 Å². The van der Waals surface area contributed by atoms with Gasteiger partial charge in [0.1, 0.15) is 17.3 Å². The summed E-state index contributed by atoms with van der Waals surface area (Å²) in [6.07, 6.45) is 0. The van der Waals surface area contributed by atoms with Crippen LogP contribution in [-0.4, -0.2) is 6.71 Å². The number of hydrogen-bond acceptors (Lipinski definition) is 2. The molecular formula is C68H53BFNO. The van der Waals surface area contributed by atoms with Gasteiger partial charge >= 0.3 is 0 Å². The monoisotopic (exact) mass is 929 g/mol. The fraction of sp³-hybridized carbons (Fsp3) is 0.118. The molecule has 2 aliphatic rings. The maximum Gasteiger partial charge on any atom is 0.243 e. The smallest absolute Gasteiger partial charge is 0.243 e. The second kappa shape index (κ2) is 16.4. The molecule has 0 amide bonds. The molecule has 72 heavy (non-hydrogen) atoms. The zero-order valence-electron chi connectivity index (χ0n) is 42.1. The molecule has 4 heteroatoms. The maximum absolute atomic E-state index is 17.7. The van der Waals surface area contributed by atoms with Gasteiger partial charge in [0.25, 0.3) is 0 Å². The third kappa shape index (κ3) is 6.69. The van der Waals surface area contributed by atoms with Gasteiger partial charge in [0.2, 0.25) is 6.71 Å². The molecule has 0 saturated heterocycles. The lowest BCUT2D eigenvalue weighted by atomic mass is 9.32. The average molecular weight is 930 g/mol. The van der Waals surface area contributed by atoms with Crippen LogP contribution < -0.4 is 26.0 Å². The standard InChI is InChI=1S/C68H53BFNO/c1-38-27-41(4)65(42(5)28-38)69-59-37-56-52-23-16-24-61-64(52)57(36-55(56)51-21-15-22-53(63(51)59)58-32-40(3)29-43(6)66(58)69)50-26-25-49(35-62(50)72-61)71(67-44(7)30-39(2)31-45(67)8)68-54(47-19-13-10-14-20-47)33-48(34-60(68)70)46-17-11-9-12-18-46/h9-37H,1-8H3. The van der Waals surface area contributed by atoms with Crippen molar-refractivity contribution in [1.29, 1.82) is 0 Å². The fourth-order valence-electron chi connectivity index (χ4n) is 13.0. The van der Waals surface area contributed by atoms with Crippen molar-refractivity contribution < 1.29 is 9.13 Å². The van der Waals surface area contributed by atoms with E-state index >= 15 is 4.39 Å². The van der Waals surface area contributed by atoms with Crippen LogP contribution in [0.1, 0.15) is 44.5 Å². The molecule has 0 fully saturated rings. The average Bonchev–Trinajstić information content (AvgIpc) is 3.36. The summed E-state index contributed by atoms with van der Waals surface area (Å²) < 4.78 is 24.8. The van der Waals surface area contributed by atoms with Crippen molar-refractivity contribution in [3.8, 4) is 56.0 Å². The Bertz CT molecular complexity index is 4070. The first-order valence-electron chi connectivity index (χ1n) is 25.2. The molecule has 0 aromatic heterocycles. The summed E-state index contributed by atoms with van der Waals surface area (Å²) in [5.74, 6) is 1.24. The third-order valence-electron chi connectivity index (χ3n) is 15.6. The zero-order valence-corrected chi connectivity index (χ0v) is 42.1. The summed E-state index contributed by atoms with van der Waals surface area (Å²) in [6.45, 7) is 17.8. The van der Waals surface area contributed by atoms with Crippen LogP contribution in [-0.2, 0) is 0 Å². The first kappa shape index (κ1) is 43.8. The van der Waals surface area contributed by atoms with Gasteiger partial charge in [0.15, 0.2) is 0 Å². The summed E-state index contributed by atoms with van der Waals surface area (Å²) in [5, 5.41) is 7.29. The largest absolute Gasteiger partial charge is 0.456 e. The van der Waals surface area contributed by atoms with Crippen LogP contribution in [0.2, 0.25) is 0 Å². The van der Waals surface area contributed by atoms with E-state index in [4.69, 9.17) is 4.74 Å². The van der Waals surface area contributed by atoms with Crippen molar-refractivity contribution in [2.45, 2.75) is 55.4 Å². The Hall–Kier alpha value is -8.21. The molecule has 13 rings (SSSR count). The second-order valence-electron chi connectivity index (χ2n) is 20.6. The number of anilines is 3. The minimum atomic E-state index is -0.309. The summed E-state index contributed by atoms with van der Waals surface area (Å²) >= 11 is 0. The molecule has 11 aromatic carbocycles. The van der Waals surface area contributed by atoms with E-state index in [0.717, 1.165) is 78.3 Å². The van der Waals surface area contributed by atoms with Crippen molar-refractivity contribution in [2.24, 2.45) is 0 Å². The van der Waals surface area contributed by atoms with Gasteiger partial charge in [0, 0.05) is 22.6 Å². The quantitative estimate of drug-likeness (QED) is 0.122. The summed E-state index contributed by atoms with van der Waals surface area (Å²) in [6, 6.07) is 62.8. The van der Waals surface area contributed by atoms with Gasteiger partial charge in [-0.2, -0.15) is 0 Å². The summed E-state index contributed by atoms with van der Waals surface area (Å²) in [4.78, 5) is 2.13. The molecule has 0 N–H and O–H groups in total. The fourth-order valence-corrected chi connectivity index (χ4v) is 13.0. The molecule has 0 saturated carbocycles. The molecule has 0 spiro atoms. The lowest BCUT2D eigenvalue weighted by Crippen LogP contribution is -2.57. The molecule has 2 nitrogen and oxygen atoms in total. The lowest BCUT2D eigenvalue weighted by Gasteiger charge is -2.33. The predicted molar refractivity (Wildman–Crippen MR) is 304 cm³/mol. The number of hydrogen-bond donors (Lipinski definition) is 0. The molecule has 0 unspecified atom stereocenters. The van der Waals surface area contributed by atoms with E-state index in [0.29, 0.717) is 5.69 Å². The minimum absolute atomic E-state index is 0.0646. The van der Waals surface area contributed by atoms with Gasteiger partial charge in [-0.1, -0.05) is 183 Å². The first-order valence-corrected chi connectivity index (χ1v) is 25.2. The highest BCUT2D eigenvalue weighted by Crippen LogP contribution is 2.53. The van der Waals surface area contributed by atoms with Crippen LogP contribution in [0.5, 0.6) is 11.5 Å². The Labute approximate surface area is 422 Å². The summed E-state index contributed by atoms with van der Waals surface area (Å²) in [5.41, 5.74) is 24.5. The normalized spacial score (nSPS) is 12.3. The zero-order chi connectivity index (χ0) is 49.3. The van der Waals surface area contributed by atoms with Crippen molar-refractivity contribution >= 4 is 72.5 Å². The highest BCUT2D eigenvalue weighted by atomic mass is 19.1. The van der Waals surface area contributed by atoms with Crippen LogP contribution in [0, 0.1) is 61.2 Å². The van der Waals surface area contributed by atoms with Crippen LogP contribution in [0.25, 0.3) is 76.8 Å². The van der Waals surface area contributed by atoms with Crippen molar-refractivity contribution in [3.63, 3.8) is 0 Å². The maximum atomic E-state index is 17.7. The highest BCUT2D eigenvalue weighted by molar-refractivity contribution is 6.99. The SMILES string of the molecule is Cc1cc(C)c(B2c3c(C)cc(C)cc3-c3cccc4c3c2cc2c3cccc5c3c(cc42)-c2ccc(N(c3c(C)cc(C)cc3C)c3c(F)cc(-c4ccccc4)cc3-c3ccccc3)cc2O5)c(C)c1. The minimum Gasteiger partial charge on any atom is -0.456 e.